The van der Waals surface area contributed by atoms with E-state index >= 15 is 0 Å². The minimum atomic E-state index is -0.312. The van der Waals surface area contributed by atoms with Gasteiger partial charge in [-0.2, -0.15) is 0 Å². The Balaban J connectivity index is 1.67. The van der Waals surface area contributed by atoms with Crippen molar-refractivity contribution < 1.29 is 9.53 Å². The predicted octanol–water partition coefficient (Wildman–Crippen LogP) is -0.192. The first-order chi connectivity index (χ1) is 5.83. The molecule has 4 nitrogen and oxygen atoms in total. The molecule has 0 spiro atoms. The fraction of sp³-hybridized carbons (Fsp3) is 0.875. The van der Waals surface area contributed by atoms with Crippen LogP contribution >= 0.6 is 0 Å². The second-order valence-corrected chi connectivity index (χ2v) is 3.50. The summed E-state index contributed by atoms with van der Waals surface area (Å²) < 4.78 is 4.97. The predicted molar refractivity (Wildman–Crippen MR) is 43.7 cm³/mol. The van der Waals surface area contributed by atoms with Crippen LogP contribution in [0.15, 0.2) is 0 Å². The lowest BCUT2D eigenvalue weighted by Crippen LogP contribution is -2.23. The smallest absolute Gasteiger partial charge is 0.406 e. The molecule has 1 amide bonds. The maximum atomic E-state index is 10.7. The van der Waals surface area contributed by atoms with Crippen LogP contribution in [0.25, 0.3) is 0 Å². The minimum absolute atomic E-state index is 0.312. The first kappa shape index (κ1) is 7.86. The molecular formula is C8H14N2O2. The molecule has 0 radical (unpaired) electrons. The standard InChI is InChI=1S/C8H14N2O2/c1-9-8(11)12-4-7-5-2-10-3-6(5)7/h5-7,10H,2-4H2,1H3,(H,9,11)/t5-,6+,7+. The second-order valence-electron chi connectivity index (χ2n) is 3.50. The number of alkyl carbamates (subject to hydrolysis) is 1. The van der Waals surface area contributed by atoms with Crippen LogP contribution in [-0.2, 0) is 4.74 Å². The third kappa shape index (κ3) is 1.27. The van der Waals surface area contributed by atoms with Crippen molar-refractivity contribution in [2.75, 3.05) is 26.7 Å². The molecule has 2 aliphatic rings. The molecule has 2 rings (SSSR count). The molecule has 0 unspecified atom stereocenters. The number of fused-ring (bicyclic) bond motifs is 1. The Kier molecular flexibility index (Phi) is 1.92. The summed E-state index contributed by atoms with van der Waals surface area (Å²) in [6, 6.07) is 0. The first-order valence-electron chi connectivity index (χ1n) is 4.38. The van der Waals surface area contributed by atoms with Crippen LogP contribution in [0.2, 0.25) is 0 Å². The molecular weight excluding hydrogens is 156 g/mol. The third-order valence-electron chi connectivity index (χ3n) is 2.88. The van der Waals surface area contributed by atoms with Gasteiger partial charge in [-0.15, -0.1) is 0 Å². The van der Waals surface area contributed by atoms with E-state index in [1.807, 2.05) is 0 Å². The highest BCUT2D eigenvalue weighted by molar-refractivity contribution is 5.66. The van der Waals surface area contributed by atoms with E-state index in [0.717, 1.165) is 24.9 Å². The summed E-state index contributed by atoms with van der Waals surface area (Å²) in [7, 11) is 1.58. The number of carbonyl (C=O) groups is 1. The van der Waals surface area contributed by atoms with E-state index in [1.165, 1.54) is 0 Å². The summed E-state index contributed by atoms with van der Waals surface area (Å²) in [6.07, 6.45) is -0.312. The molecule has 0 aromatic rings. The maximum Gasteiger partial charge on any atom is 0.406 e. The summed E-state index contributed by atoms with van der Waals surface area (Å²) in [4.78, 5) is 10.7. The van der Waals surface area contributed by atoms with Gasteiger partial charge in [0.1, 0.15) is 0 Å². The van der Waals surface area contributed by atoms with Gasteiger partial charge in [0.2, 0.25) is 0 Å². The normalized spacial score (nSPS) is 37.2. The van der Waals surface area contributed by atoms with Crippen LogP contribution in [0.5, 0.6) is 0 Å². The van der Waals surface area contributed by atoms with Gasteiger partial charge in [0.05, 0.1) is 6.61 Å². The number of ether oxygens (including phenoxy) is 1. The van der Waals surface area contributed by atoms with Gasteiger partial charge in [0.25, 0.3) is 0 Å². The van der Waals surface area contributed by atoms with Crippen LogP contribution in [-0.4, -0.2) is 32.8 Å². The fourth-order valence-corrected chi connectivity index (χ4v) is 2.04. The molecule has 0 bridgehead atoms. The quantitative estimate of drug-likeness (QED) is 0.604. The Morgan fingerprint density at radius 2 is 2.25 bits per heavy atom. The van der Waals surface area contributed by atoms with Crippen molar-refractivity contribution in [2.24, 2.45) is 17.8 Å². The number of amides is 1. The average molecular weight is 170 g/mol. The van der Waals surface area contributed by atoms with Crippen molar-refractivity contribution >= 4 is 6.09 Å². The van der Waals surface area contributed by atoms with E-state index in [4.69, 9.17) is 4.74 Å². The molecule has 3 atom stereocenters. The molecule has 1 aliphatic carbocycles. The second kappa shape index (κ2) is 2.94. The number of piperidine rings is 1. The summed E-state index contributed by atoms with van der Waals surface area (Å²) >= 11 is 0. The molecule has 1 saturated carbocycles. The Morgan fingerprint density at radius 3 is 2.83 bits per heavy atom. The highest BCUT2D eigenvalue weighted by Crippen LogP contribution is 2.48. The Morgan fingerprint density at radius 1 is 1.58 bits per heavy atom. The van der Waals surface area contributed by atoms with Crippen LogP contribution < -0.4 is 10.6 Å². The molecule has 1 heterocycles. The maximum absolute atomic E-state index is 10.7. The first-order valence-corrected chi connectivity index (χ1v) is 4.38. The number of hydrogen-bond acceptors (Lipinski definition) is 3. The van der Waals surface area contributed by atoms with Gasteiger partial charge in [-0.1, -0.05) is 0 Å². The molecule has 0 aromatic carbocycles. The third-order valence-corrected chi connectivity index (χ3v) is 2.88. The number of hydrogen-bond donors (Lipinski definition) is 2. The molecule has 1 saturated heterocycles. The van der Waals surface area contributed by atoms with E-state index < -0.39 is 0 Å². The van der Waals surface area contributed by atoms with Crippen LogP contribution in [0.4, 0.5) is 4.79 Å². The van der Waals surface area contributed by atoms with Crippen LogP contribution in [0.1, 0.15) is 0 Å². The van der Waals surface area contributed by atoms with Crippen molar-refractivity contribution in [3.8, 4) is 0 Å². The van der Waals surface area contributed by atoms with E-state index in [0.29, 0.717) is 12.5 Å². The molecule has 4 heteroatoms. The highest BCUT2D eigenvalue weighted by Gasteiger charge is 2.53. The molecule has 1 aliphatic heterocycles. The van der Waals surface area contributed by atoms with Crippen LogP contribution in [0.3, 0.4) is 0 Å². The van der Waals surface area contributed by atoms with Gasteiger partial charge in [0.15, 0.2) is 0 Å². The van der Waals surface area contributed by atoms with Gasteiger partial charge >= 0.3 is 6.09 Å². The van der Waals surface area contributed by atoms with Crippen molar-refractivity contribution in [1.29, 1.82) is 0 Å². The lowest BCUT2D eigenvalue weighted by Gasteiger charge is -2.05. The zero-order valence-corrected chi connectivity index (χ0v) is 7.17. The van der Waals surface area contributed by atoms with Crippen molar-refractivity contribution in [1.82, 2.24) is 10.6 Å². The van der Waals surface area contributed by atoms with E-state index in [-0.39, 0.29) is 6.09 Å². The van der Waals surface area contributed by atoms with Gasteiger partial charge in [0, 0.05) is 13.0 Å². The minimum Gasteiger partial charge on any atom is -0.449 e. The van der Waals surface area contributed by atoms with Crippen molar-refractivity contribution in [2.45, 2.75) is 0 Å². The van der Waals surface area contributed by atoms with Gasteiger partial charge in [-0.25, -0.2) is 4.79 Å². The highest BCUT2D eigenvalue weighted by atomic mass is 16.5. The van der Waals surface area contributed by atoms with Gasteiger partial charge < -0.3 is 15.4 Å². The van der Waals surface area contributed by atoms with E-state index in [1.54, 1.807) is 7.05 Å². The Bertz CT molecular complexity index is 185. The molecule has 0 aromatic heterocycles. The molecule has 12 heavy (non-hydrogen) atoms. The summed E-state index contributed by atoms with van der Waals surface area (Å²) in [5.41, 5.74) is 0. The van der Waals surface area contributed by atoms with Crippen LogP contribution in [0, 0.1) is 17.8 Å². The topological polar surface area (TPSA) is 50.4 Å². The zero-order chi connectivity index (χ0) is 8.55. The van der Waals surface area contributed by atoms with Gasteiger partial charge in [-0.05, 0) is 24.9 Å². The lowest BCUT2D eigenvalue weighted by molar-refractivity contribution is 0.139. The Hall–Kier alpha value is -0.770. The summed E-state index contributed by atoms with van der Waals surface area (Å²) in [5, 5.41) is 5.73. The largest absolute Gasteiger partial charge is 0.449 e. The number of nitrogens with one attached hydrogen (secondary N) is 2. The van der Waals surface area contributed by atoms with Crippen molar-refractivity contribution in [3.63, 3.8) is 0 Å². The summed E-state index contributed by atoms with van der Waals surface area (Å²) in [6.45, 7) is 2.80. The Labute approximate surface area is 71.7 Å². The van der Waals surface area contributed by atoms with E-state index in [2.05, 4.69) is 10.6 Å². The average Bonchev–Trinajstić information content (AvgIpc) is 2.55. The zero-order valence-electron chi connectivity index (χ0n) is 7.17. The van der Waals surface area contributed by atoms with Crippen molar-refractivity contribution in [3.05, 3.63) is 0 Å². The molecule has 2 fully saturated rings. The van der Waals surface area contributed by atoms with Gasteiger partial charge in [-0.3, -0.25) is 0 Å². The fourth-order valence-electron chi connectivity index (χ4n) is 2.04. The monoisotopic (exact) mass is 170 g/mol. The lowest BCUT2D eigenvalue weighted by atomic mass is 10.3. The van der Waals surface area contributed by atoms with E-state index in [9.17, 15) is 4.79 Å². The SMILES string of the molecule is CNC(=O)OC[C@H]1[C@@H]2CNC[C@@H]21. The molecule has 2 N–H and O–H groups in total. The number of carbonyl (C=O) groups excluding carboxylic acids is 1. The molecule has 68 valence electrons. The number of rotatable bonds is 2. The summed E-state index contributed by atoms with van der Waals surface area (Å²) in [5.74, 6) is 2.17.